The fourth-order valence-electron chi connectivity index (χ4n) is 3.78. The maximum Gasteiger partial charge on any atom is 0.0610 e. The summed E-state index contributed by atoms with van der Waals surface area (Å²) in [5, 5.41) is 14.2. The van der Waals surface area contributed by atoms with Gasteiger partial charge < -0.3 is 19.9 Å². The van der Waals surface area contributed by atoms with Crippen LogP contribution in [0.3, 0.4) is 0 Å². The van der Waals surface area contributed by atoms with Crippen LogP contribution in [0.1, 0.15) is 23.2 Å². The third-order valence-electron chi connectivity index (χ3n) is 5.04. The molecule has 126 valence electrons. The van der Waals surface area contributed by atoms with E-state index in [2.05, 4.69) is 46.8 Å². The molecule has 2 N–H and O–H groups in total. The van der Waals surface area contributed by atoms with Gasteiger partial charge in [-0.15, -0.1) is 0 Å². The van der Waals surface area contributed by atoms with Crippen molar-refractivity contribution in [1.82, 2.24) is 14.8 Å². The molecule has 1 fully saturated rings. The Morgan fingerprint density at radius 1 is 1.13 bits per heavy atom. The quantitative estimate of drug-likeness (QED) is 0.857. The number of nitrogens with zero attached hydrogens (tertiary/aromatic N) is 2. The molecule has 0 atom stereocenters. The SMILES string of the molecule is Cc1ccc2c(c1)c(CCCN1CCNCC1)c(C)n2CCO. The lowest BCUT2D eigenvalue weighted by atomic mass is 10.0. The topological polar surface area (TPSA) is 40.4 Å². The zero-order chi connectivity index (χ0) is 16.2. The number of piperazine rings is 1. The molecule has 2 heterocycles. The van der Waals surface area contributed by atoms with Crippen LogP contribution in [-0.4, -0.2) is 53.9 Å². The molecule has 0 radical (unpaired) electrons. The van der Waals surface area contributed by atoms with E-state index in [9.17, 15) is 5.11 Å². The summed E-state index contributed by atoms with van der Waals surface area (Å²) in [6, 6.07) is 6.67. The smallest absolute Gasteiger partial charge is 0.0610 e. The van der Waals surface area contributed by atoms with Crippen molar-refractivity contribution < 1.29 is 5.11 Å². The van der Waals surface area contributed by atoms with Crippen LogP contribution >= 0.6 is 0 Å². The Kier molecular flexibility index (Phi) is 5.36. The van der Waals surface area contributed by atoms with Crippen LogP contribution in [0, 0.1) is 13.8 Å². The van der Waals surface area contributed by atoms with E-state index in [4.69, 9.17) is 0 Å². The lowest BCUT2D eigenvalue weighted by Crippen LogP contribution is -2.43. The van der Waals surface area contributed by atoms with Gasteiger partial charge >= 0.3 is 0 Å². The van der Waals surface area contributed by atoms with Gasteiger partial charge in [0.15, 0.2) is 0 Å². The zero-order valence-corrected chi connectivity index (χ0v) is 14.4. The Hall–Kier alpha value is -1.36. The van der Waals surface area contributed by atoms with Crippen LogP contribution in [0.25, 0.3) is 10.9 Å². The highest BCUT2D eigenvalue weighted by Crippen LogP contribution is 2.28. The second-order valence-corrected chi connectivity index (χ2v) is 6.66. The number of aromatic nitrogens is 1. The number of fused-ring (bicyclic) bond motifs is 1. The summed E-state index contributed by atoms with van der Waals surface area (Å²) >= 11 is 0. The van der Waals surface area contributed by atoms with E-state index < -0.39 is 0 Å². The van der Waals surface area contributed by atoms with E-state index in [1.165, 1.54) is 53.8 Å². The minimum Gasteiger partial charge on any atom is -0.395 e. The molecule has 1 aromatic carbocycles. The number of aliphatic hydroxyl groups is 1. The summed E-state index contributed by atoms with van der Waals surface area (Å²) in [4.78, 5) is 2.56. The minimum atomic E-state index is 0.193. The summed E-state index contributed by atoms with van der Waals surface area (Å²) in [6.07, 6.45) is 2.32. The summed E-state index contributed by atoms with van der Waals surface area (Å²) in [6.45, 7) is 11.0. The molecule has 0 spiro atoms. The molecule has 3 rings (SSSR count). The van der Waals surface area contributed by atoms with Gasteiger partial charge in [0.2, 0.25) is 0 Å². The Labute approximate surface area is 139 Å². The first kappa shape index (κ1) is 16.5. The van der Waals surface area contributed by atoms with Crippen molar-refractivity contribution in [3.8, 4) is 0 Å². The van der Waals surface area contributed by atoms with Gasteiger partial charge in [-0.3, -0.25) is 0 Å². The number of hydrogen-bond acceptors (Lipinski definition) is 3. The first-order chi connectivity index (χ1) is 11.2. The summed E-state index contributed by atoms with van der Waals surface area (Å²) in [5.41, 5.74) is 5.36. The predicted octanol–water partition coefficient (Wildman–Crippen LogP) is 2.09. The summed E-state index contributed by atoms with van der Waals surface area (Å²) in [5.74, 6) is 0. The fraction of sp³-hybridized carbons (Fsp3) is 0.579. The average Bonchev–Trinajstić information content (AvgIpc) is 2.81. The first-order valence-corrected chi connectivity index (χ1v) is 8.83. The molecule has 0 amide bonds. The van der Waals surface area contributed by atoms with Gasteiger partial charge in [0.25, 0.3) is 0 Å². The molecule has 2 aromatic rings. The lowest BCUT2D eigenvalue weighted by Gasteiger charge is -2.27. The maximum absolute atomic E-state index is 9.38. The van der Waals surface area contributed by atoms with E-state index in [0.717, 1.165) is 19.5 Å². The van der Waals surface area contributed by atoms with Gasteiger partial charge in [-0.05, 0) is 50.9 Å². The van der Waals surface area contributed by atoms with Crippen molar-refractivity contribution in [2.75, 3.05) is 39.3 Å². The molecule has 1 aliphatic heterocycles. The van der Waals surface area contributed by atoms with E-state index >= 15 is 0 Å². The van der Waals surface area contributed by atoms with Gasteiger partial charge in [-0.25, -0.2) is 0 Å². The van der Waals surface area contributed by atoms with Crippen molar-refractivity contribution in [2.45, 2.75) is 33.2 Å². The average molecular weight is 315 g/mol. The van der Waals surface area contributed by atoms with Gasteiger partial charge in [-0.1, -0.05) is 11.6 Å². The van der Waals surface area contributed by atoms with Crippen molar-refractivity contribution >= 4 is 10.9 Å². The van der Waals surface area contributed by atoms with Gasteiger partial charge in [0, 0.05) is 49.3 Å². The molecule has 1 saturated heterocycles. The molecule has 4 nitrogen and oxygen atoms in total. The van der Waals surface area contributed by atoms with Crippen molar-refractivity contribution in [1.29, 1.82) is 0 Å². The van der Waals surface area contributed by atoms with Crippen LogP contribution in [0.5, 0.6) is 0 Å². The maximum atomic E-state index is 9.38. The Morgan fingerprint density at radius 3 is 2.65 bits per heavy atom. The number of aryl methyl sites for hydroxylation is 2. The van der Waals surface area contributed by atoms with E-state index in [0.29, 0.717) is 6.54 Å². The number of aliphatic hydroxyl groups excluding tert-OH is 1. The molecule has 0 unspecified atom stereocenters. The predicted molar refractivity (Wildman–Crippen MR) is 96.1 cm³/mol. The zero-order valence-electron chi connectivity index (χ0n) is 14.4. The lowest BCUT2D eigenvalue weighted by molar-refractivity contribution is 0.238. The summed E-state index contributed by atoms with van der Waals surface area (Å²) < 4.78 is 2.27. The molecule has 23 heavy (non-hydrogen) atoms. The second kappa shape index (κ2) is 7.47. The molecular formula is C19H29N3O. The number of hydrogen-bond donors (Lipinski definition) is 2. The van der Waals surface area contributed by atoms with E-state index in [1.54, 1.807) is 0 Å². The van der Waals surface area contributed by atoms with Crippen LogP contribution in [0.2, 0.25) is 0 Å². The van der Waals surface area contributed by atoms with Crippen LogP contribution in [0.4, 0.5) is 0 Å². The molecule has 0 saturated carbocycles. The minimum absolute atomic E-state index is 0.193. The van der Waals surface area contributed by atoms with Gasteiger partial charge in [0.1, 0.15) is 0 Å². The Morgan fingerprint density at radius 2 is 1.91 bits per heavy atom. The Bertz CT molecular complexity index is 656. The second-order valence-electron chi connectivity index (χ2n) is 6.66. The van der Waals surface area contributed by atoms with Gasteiger partial charge in [0.05, 0.1) is 6.61 Å². The van der Waals surface area contributed by atoms with Crippen LogP contribution in [0.15, 0.2) is 18.2 Å². The first-order valence-electron chi connectivity index (χ1n) is 8.83. The molecule has 1 aromatic heterocycles. The number of rotatable bonds is 6. The highest BCUT2D eigenvalue weighted by Gasteiger charge is 2.15. The van der Waals surface area contributed by atoms with Crippen molar-refractivity contribution in [3.63, 3.8) is 0 Å². The Balaban J connectivity index is 1.78. The fourth-order valence-corrected chi connectivity index (χ4v) is 3.78. The van der Waals surface area contributed by atoms with Crippen molar-refractivity contribution in [2.24, 2.45) is 0 Å². The van der Waals surface area contributed by atoms with E-state index in [1.807, 2.05) is 0 Å². The highest BCUT2D eigenvalue weighted by molar-refractivity contribution is 5.86. The largest absolute Gasteiger partial charge is 0.395 e. The monoisotopic (exact) mass is 315 g/mol. The number of nitrogens with one attached hydrogen (secondary N) is 1. The molecular weight excluding hydrogens is 286 g/mol. The molecule has 1 aliphatic rings. The van der Waals surface area contributed by atoms with Crippen LogP contribution < -0.4 is 5.32 Å². The standard InChI is InChI=1S/C19H29N3O/c1-15-5-6-19-18(14-15)17(16(2)22(19)12-13-23)4-3-9-21-10-7-20-8-11-21/h5-6,14,20,23H,3-4,7-13H2,1-2H3. The van der Waals surface area contributed by atoms with Gasteiger partial charge in [-0.2, -0.15) is 0 Å². The van der Waals surface area contributed by atoms with Crippen molar-refractivity contribution in [3.05, 3.63) is 35.0 Å². The third-order valence-corrected chi connectivity index (χ3v) is 5.04. The molecule has 0 aliphatic carbocycles. The third kappa shape index (κ3) is 3.60. The molecule has 0 bridgehead atoms. The number of benzene rings is 1. The molecule has 4 heteroatoms. The normalized spacial score (nSPS) is 16.3. The summed E-state index contributed by atoms with van der Waals surface area (Å²) in [7, 11) is 0. The highest BCUT2D eigenvalue weighted by atomic mass is 16.3. The van der Waals surface area contributed by atoms with E-state index in [-0.39, 0.29) is 6.61 Å². The van der Waals surface area contributed by atoms with Crippen LogP contribution in [-0.2, 0) is 13.0 Å².